The van der Waals surface area contributed by atoms with E-state index in [4.69, 9.17) is 0 Å². The van der Waals surface area contributed by atoms with Crippen molar-refractivity contribution in [2.75, 3.05) is 19.3 Å². The van der Waals surface area contributed by atoms with Gasteiger partial charge in [0, 0.05) is 19.3 Å². The van der Waals surface area contributed by atoms with E-state index in [1.165, 1.54) is 0 Å². The summed E-state index contributed by atoms with van der Waals surface area (Å²) in [5, 5.41) is 0. The first kappa shape index (κ1) is 14.5. The third-order valence-corrected chi connectivity index (χ3v) is 3.58. The van der Waals surface area contributed by atoms with Gasteiger partial charge in [0.15, 0.2) is 0 Å². The molecule has 0 bridgehead atoms. The number of thiol groups is 1. The standard InChI is InChI=1S/C14H24N2S/c1-14(2,3)12(11-17)9-16(4)10-13-7-5-6-8-15-13/h5-8,12,17H,9-11H2,1-4H3. The molecular formula is C14H24N2S. The van der Waals surface area contributed by atoms with Gasteiger partial charge in [0.1, 0.15) is 0 Å². The van der Waals surface area contributed by atoms with Crippen LogP contribution in [-0.2, 0) is 6.54 Å². The molecule has 17 heavy (non-hydrogen) atoms. The van der Waals surface area contributed by atoms with Crippen LogP contribution in [0.1, 0.15) is 26.5 Å². The number of aromatic nitrogens is 1. The molecule has 0 aromatic carbocycles. The van der Waals surface area contributed by atoms with E-state index in [2.05, 4.69) is 56.4 Å². The largest absolute Gasteiger partial charge is 0.300 e. The van der Waals surface area contributed by atoms with Crippen molar-refractivity contribution in [1.82, 2.24) is 9.88 Å². The Morgan fingerprint density at radius 3 is 2.53 bits per heavy atom. The molecule has 0 saturated carbocycles. The van der Waals surface area contributed by atoms with Gasteiger partial charge in [-0.2, -0.15) is 12.6 Å². The summed E-state index contributed by atoms with van der Waals surface area (Å²) in [5.74, 6) is 1.52. The molecule has 0 fully saturated rings. The highest BCUT2D eigenvalue weighted by Crippen LogP contribution is 2.27. The lowest BCUT2D eigenvalue weighted by Crippen LogP contribution is -2.34. The van der Waals surface area contributed by atoms with Crippen LogP contribution in [0.4, 0.5) is 0 Å². The van der Waals surface area contributed by atoms with E-state index in [1.54, 1.807) is 0 Å². The summed E-state index contributed by atoms with van der Waals surface area (Å²) in [6.07, 6.45) is 1.85. The Balaban J connectivity index is 2.51. The van der Waals surface area contributed by atoms with Crippen molar-refractivity contribution in [2.24, 2.45) is 11.3 Å². The molecule has 1 aromatic heterocycles. The van der Waals surface area contributed by atoms with Crippen LogP contribution in [0.3, 0.4) is 0 Å². The fraction of sp³-hybridized carbons (Fsp3) is 0.643. The molecule has 0 aliphatic rings. The van der Waals surface area contributed by atoms with Gasteiger partial charge in [0.2, 0.25) is 0 Å². The molecule has 0 amide bonds. The molecule has 1 atom stereocenters. The molecule has 0 radical (unpaired) electrons. The molecule has 3 heteroatoms. The minimum atomic E-state index is 0.306. The van der Waals surface area contributed by atoms with E-state index in [9.17, 15) is 0 Å². The fourth-order valence-electron chi connectivity index (χ4n) is 1.81. The molecule has 0 spiro atoms. The highest BCUT2D eigenvalue weighted by Gasteiger charge is 2.24. The molecule has 1 aromatic rings. The Morgan fingerprint density at radius 2 is 2.06 bits per heavy atom. The lowest BCUT2D eigenvalue weighted by Gasteiger charge is -2.32. The monoisotopic (exact) mass is 252 g/mol. The Bertz CT molecular complexity index is 319. The Hall–Kier alpha value is -0.540. The van der Waals surface area contributed by atoms with Gasteiger partial charge in [-0.05, 0) is 36.3 Å². The molecule has 0 saturated heterocycles. The van der Waals surface area contributed by atoms with Crippen molar-refractivity contribution in [1.29, 1.82) is 0 Å². The van der Waals surface area contributed by atoms with E-state index < -0.39 is 0 Å². The van der Waals surface area contributed by atoms with Crippen molar-refractivity contribution < 1.29 is 0 Å². The summed E-state index contributed by atoms with van der Waals surface area (Å²) >= 11 is 4.47. The number of hydrogen-bond acceptors (Lipinski definition) is 3. The molecule has 96 valence electrons. The van der Waals surface area contributed by atoms with Crippen LogP contribution in [0.2, 0.25) is 0 Å². The van der Waals surface area contributed by atoms with E-state index in [0.29, 0.717) is 11.3 Å². The average molecular weight is 252 g/mol. The number of rotatable bonds is 5. The van der Waals surface area contributed by atoms with Gasteiger partial charge in [-0.15, -0.1) is 0 Å². The highest BCUT2D eigenvalue weighted by atomic mass is 32.1. The zero-order valence-corrected chi connectivity index (χ0v) is 12.2. The van der Waals surface area contributed by atoms with Crippen molar-refractivity contribution in [3.05, 3.63) is 30.1 Å². The number of hydrogen-bond donors (Lipinski definition) is 1. The van der Waals surface area contributed by atoms with E-state index >= 15 is 0 Å². The Kier molecular flexibility index (Phi) is 5.47. The van der Waals surface area contributed by atoms with Crippen molar-refractivity contribution >= 4 is 12.6 Å². The minimum Gasteiger partial charge on any atom is -0.300 e. The van der Waals surface area contributed by atoms with Gasteiger partial charge in [0.05, 0.1) is 5.69 Å². The molecule has 0 aliphatic carbocycles. The van der Waals surface area contributed by atoms with E-state index in [1.807, 2.05) is 18.3 Å². The summed E-state index contributed by atoms with van der Waals surface area (Å²) in [6.45, 7) is 8.80. The van der Waals surface area contributed by atoms with Crippen molar-refractivity contribution in [2.45, 2.75) is 27.3 Å². The normalized spacial score (nSPS) is 14.0. The first-order chi connectivity index (χ1) is 7.93. The quantitative estimate of drug-likeness (QED) is 0.811. The fourth-order valence-corrected chi connectivity index (χ4v) is 2.48. The lowest BCUT2D eigenvalue weighted by atomic mass is 9.81. The molecule has 1 unspecified atom stereocenters. The molecule has 2 nitrogen and oxygen atoms in total. The van der Waals surface area contributed by atoms with Gasteiger partial charge in [-0.1, -0.05) is 26.8 Å². The summed E-state index contributed by atoms with van der Waals surface area (Å²) < 4.78 is 0. The molecule has 1 rings (SSSR count). The van der Waals surface area contributed by atoms with E-state index in [-0.39, 0.29) is 0 Å². The first-order valence-electron chi connectivity index (χ1n) is 6.13. The maximum Gasteiger partial charge on any atom is 0.0543 e. The third-order valence-electron chi connectivity index (χ3n) is 3.14. The highest BCUT2D eigenvalue weighted by molar-refractivity contribution is 7.80. The Morgan fingerprint density at radius 1 is 1.35 bits per heavy atom. The third kappa shape index (κ3) is 5.09. The molecule has 0 aliphatic heterocycles. The number of nitrogens with zero attached hydrogens (tertiary/aromatic N) is 2. The topological polar surface area (TPSA) is 16.1 Å². The SMILES string of the molecule is CN(Cc1ccccn1)CC(CS)C(C)(C)C. The van der Waals surface area contributed by atoms with Crippen LogP contribution in [0.15, 0.2) is 24.4 Å². The Labute approximate surface area is 111 Å². The lowest BCUT2D eigenvalue weighted by molar-refractivity contribution is 0.182. The van der Waals surface area contributed by atoms with Crippen LogP contribution in [0.25, 0.3) is 0 Å². The first-order valence-corrected chi connectivity index (χ1v) is 6.76. The number of pyridine rings is 1. The van der Waals surface area contributed by atoms with Gasteiger partial charge >= 0.3 is 0 Å². The minimum absolute atomic E-state index is 0.306. The molecule has 1 heterocycles. The summed E-state index contributed by atoms with van der Waals surface area (Å²) in [5.41, 5.74) is 1.43. The maximum atomic E-state index is 4.47. The zero-order chi connectivity index (χ0) is 12.9. The van der Waals surface area contributed by atoms with Crippen LogP contribution in [0.5, 0.6) is 0 Å². The second kappa shape index (κ2) is 6.41. The second-order valence-corrected chi connectivity index (χ2v) is 6.13. The van der Waals surface area contributed by atoms with Gasteiger partial charge < -0.3 is 4.90 Å². The van der Waals surface area contributed by atoms with Crippen LogP contribution in [0, 0.1) is 11.3 Å². The smallest absolute Gasteiger partial charge is 0.0543 e. The van der Waals surface area contributed by atoms with Crippen molar-refractivity contribution in [3.63, 3.8) is 0 Å². The predicted octanol–water partition coefficient (Wildman–Crippen LogP) is 3.11. The molecular weight excluding hydrogens is 228 g/mol. The summed E-state index contributed by atoms with van der Waals surface area (Å²) in [4.78, 5) is 6.68. The van der Waals surface area contributed by atoms with Gasteiger partial charge in [0.25, 0.3) is 0 Å². The van der Waals surface area contributed by atoms with Crippen LogP contribution in [-0.4, -0.2) is 29.2 Å². The van der Waals surface area contributed by atoms with Crippen molar-refractivity contribution in [3.8, 4) is 0 Å². The molecule has 0 N–H and O–H groups in total. The second-order valence-electron chi connectivity index (χ2n) is 5.76. The van der Waals surface area contributed by atoms with Gasteiger partial charge in [-0.25, -0.2) is 0 Å². The van der Waals surface area contributed by atoms with Gasteiger partial charge in [-0.3, -0.25) is 4.98 Å². The maximum absolute atomic E-state index is 4.47. The van der Waals surface area contributed by atoms with Crippen LogP contribution >= 0.6 is 12.6 Å². The zero-order valence-electron chi connectivity index (χ0n) is 11.3. The summed E-state index contributed by atoms with van der Waals surface area (Å²) in [7, 11) is 2.15. The average Bonchev–Trinajstić information content (AvgIpc) is 2.25. The predicted molar refractivity (Wildman–Crippen MR) is 77.4 cm³/mol. The van der Waals surface area contributed by atoms with E-state index in [0.717, 1.165) is 24.5 Å². The van der Waals surface area contributed by atoms with Crippen LogP contribution < -0.4 is 0 Å². The summed E-state index contributed by atoms with van der Waals surface area (Å²) in [6, 6.07) is 6.06.